The van der Waals surface area contributed by atoms with E-state index in [1.54, 1.807) is 0 Å². The summed E-state index contributed by atoms with van der Waals surface area (Å²) < 4.78 is 0. The van der Waals surface area contributed by atoms with Crippen molar-refractivity contribution in [3.8, 4) is 0 Å². The van der Waals surface area contributed by atoms with E-state index in [2.05, 4.69) is 10.2 Å². The van der Waals surface area contributed by atoms with Gasteiger partial charge in [-0.25, -0.2) is 6.57 Å². The highest BCUT2D eigenvalue weighted by molar-refractivity contribution is 6.35. The average molecular weight is 465 g/mol. The average Bonchev–Trinajstić information content (AvgIpc) is 3.44. The molecule has 4 rings (SSSR count). The number of ketones is 1. The van der Waals surface area contributed by atoms with Crippen LogP contribution in [0.3, 0.4) is 0 Å². The van der Waals surface area contributed by atoms with Crippen molar-refractivity contribution in [2.75, 3.05) is 13.6 Å². The zero-order valence-electron chi connectivity index (χ0n) is 20.3. The fourth-order valence-corrected chi connectivity index (χ4v) is 5.19. The van der Waals surface area contributed by atoms with Crippen LogP contribution in [-0.4, -0.2) is 65.1 Å². The van der Waals surface area contributed by atoms with Crippen molar-refractivity contribution in [2.45, 2.75) is 76.5 Å². The van der Waals surface area contributed by atoms with Crippen molar-refractivity contribution in [3.63, 3.8) is 0 Å². The van der Waals surface area contributed by atoms with Crippen LogP contribution in [0.25, 0.3) is 4.85 Å². The molecule has 1 unspecified atom stereocenters. The Morgan fingerprint density at radius 1 is 1.26 bits per heavy atom. The Balaban J connectivity index is 1.63. The third kappa shape index (κ3) is 4.31. The van der Waals surface area contributed by atoms with E-state index in [4.69, 9.17) is 6.57 Å². The molecule has 1 aromatic carbocycles. The second-order valence-corrected chi connectivity index (χ2v) is 11.1. The molecular formula is C26H32N4O4. The number of fused-ring (bicyclic) bond motifs is 2. The standard InChI is InChI=1S/C26H32N4O4/c1-25(2,3)13-19(29(5)24(34)22(32)28-17-10-11-17)23(33)30-15-26(14-21(30)27-4)18-9-7-6-8-16(18)12-20(26)31/h6-9,17,19,21H,10-15H2,1-3,5H3,(H,28,32)/t19-,21-,26?/m0/s1. The summed E-state index contributed by atoms with van der Waals surface area (Å²) in [4.78, 5) is 58.8. The second kappa shape index (κ2) is 8.53. The Morgan fingerprint density at radius 3 is 2.56 bits per heavy atom. The van der Waals surface area contributed by atoms with Gasteiger partial charge in [-0.2, -0.15) is 0 Å². The highest BCUT2D eigenvalue weighted by Crippen LogP contribution is 2.46. The first-order valence-electron chi connectivity index (χ1n) is 11.8. The van der Waals surface area contributed by atoms with Crippen molar-refractivity contribution >= 4 is 23.5 Å². The van der Waals surface area contributed by atoms with Gasteiger partial charge in [0.2, 0.25) is 0 Å². The number of nitrogens with one attached hydrogen (secondary N) is 1. The molecule has 8 nitrogen and oxygen atoms in total. The third-order valence-corrected chi connectivity index (χ3v) is 7.17. The minimum absolute atomic E-state index is 0.0262. The molecule has 1 aliphatic heterocycles. The lowest BCUT2D eigenvalue weighted by Crippen LogP contribution is -2.55. The summed E-state index contributed by atoms with van der Waals surface area (Å²) in [5.74, 6) is -1.83. The number of hydrogen-bond donors (Lipinski definition) is 1. The van der Waals surface area contributed by atoms with Gasteiger partial charge in [-0.3, -0.25) is 28.9 Å². The molecule has 1 spiro atoms. The van der Waals surface area contributed by atoms with Gasteiger partial charge in [0.15, 0.2) is 0 Å². The fourth-order valence-electron chi connectivity index (χ4n) is 5.19. The largest absolute Gasteiger partial charge is 0.345 e. The zero-order valence-corrected chi connectivity index (χ0v) is 20.3. The van der Waals surface area contributed by atoms with Crippen molar-refractivity contribution < 1.29 is 19.2 Å². The minimum Gasteiger partial charge on any atom is -0.345 e. The van der Waals surface area contributed by atoms with Gasteiger partial charge in [0.1, 0.15) is 11.8 Å². The molecule has 3 amide bonds. The van der Waals surface area contributed by atoms with Gasteiger partial charge in [0.25, 0.3) is 5.91 Å². The predicted octanol–water partition coefficient (Wildman–Crippen LogP) is 2.07. The molecule has 0 bridgehead atoms. The number of Topliss-reactive ketones (excluding diaryl/α,β-unsaturated/α-hetero) is 1. The molecule has 3 atom stereocenters. The molecule has 8 heteroatoms. The second-order valence-electron chi connectivity index (χ2n) is 11.1. The summed E-state index contributed by atoms with van der Waals surface area (Å²) in [7, 11) is 1.47. The monoisotopic (exact) mass is 464 g/mol. The van der Waals surface area contributed by atoms with Crippen LogP contribution in [0.5, 0.6) is 0 Å². The van der Waals surface area contributed by atoms with Crippen LogP contribution in [-0.2, 0) is 31.0 Å². The molecule has 2 aliphatic carbocycles. The van der Waals surface area contributed by atoms with Gasteiger partial charge in [-0.1, -0.05) is 45.0 Å². The lowest BCUT2D eigenvalue weighted by molar-refractivity contribution is -0.151. The summed E-state index contributed by atoms with van der Waals surface area (Å²) in [6, 6.07) is 6.72. The van der Waals surface area contributed by atoms with Gasteiger partial charge in [-0.15, -0.1) is 0 Å². The molecule has 0 radical (unpaired) electrons. The predicted molar refractivity (Wildman–Crippen MR) is 125 cm³/mol. The van der Waals surface area contributed by atoms with Crippen LogP contribution in [0.2, 0.25) is 0 Å². The van der Waals surface area contributed by atoms with Gasteiger partial charge in [0, 0.05) is 26.1 Å². The van der Waals surface area contributed by atoms with Crippen LogP contribution in [0.4, 0.5) is 0 Å². The SMILES string of the molecule is [C-]#[N+][C@@H]1CC2(CN1C(=O)[C@H](CC(C)(C)C)N(C)C(=O)C(=O)NC1CC1)C(=O)Cc1ccccc12. The van der Waals surface area contributed by atoms with E-state index in [0.717, 1.165) is 24.0 Å². The van der Waals surface area contributed by atoms with Gasteiger partial charge in [-0.05, 0) is 35.8 Å². The Labute approximate surface area is 200 Å². The third-order valence-electron chi connectivity index (χ3n) is 7.17. The number of carbonyl (C=O) groups excluding carboxylic acids is 4. The molecule has 0 aromatic heterocycles. The molecule has 34 heavy (non-hydrogen) atoms. The summed E-state index contributed by atoms with van der Waals surface area (Å²) in [6.45, 7) is 13.8. The lowest BCUT2D eigenvalue weighted by atomic mass is 9.80. The normalized spacial score (nSPS) is 24.5. The van der Waals surface area contributed by atoms with Crippen molar-refractivity contribution in [3.05, 3.63) is 46.8 Å². The van der Waals surface area contributed by atoms with E-state index in [0.29, 0.717) is 12.8 Å². The molecule has 3 aliphatic rings. The maximum atomic E-state index is 13.9. The number of rotatable bonds is 4. The Morgan fingerprint density at radius 2 is 1.94 bits per heavy atom. The molecule has 2 fully saturated rings. The van der Waals surface area contributed by atoms with Crippen LogP contribution in [0.15, 0.2) is 24.3 Å². The van der Waals surface area contributed by atoms with Gasteiger partial charge >= 0.3 is 18.0 Å². The van der Waals surface area contributed by atoms with Crippen molar-refractivity contribution in [1.29, 1.82) is 0 Å². The summed E-state index contributed by atoms with van der Waals surface area (Å²) in [5.41, 5.74) is 0.632. The smallest absolute Gasteiger partial charge is 0.312 e. The molecule has 1 saturated heterocycles. The fraction of sp³-hybridized carbons (Fsp3) is 0.577. The number of hydrogen-bond acceptors (Lipinski definition) is 4. The summed E-state index contributed by atoms with van der Waals surface area (Å²) >= 11 is 0. The topological polar surface area (TPSA) is 91.2 Å². The van der Waals surface area contributed by atoms with Crippen LogP contribution < -0.4 is 5.32 Å². The number of amides is 3. The quantitative estimate of drug-likeness (QED) is 0.546. The van der Waals surface area contributed by atoms with E-state index >= 15 is 0 Å². The molecule has 180 valence electrons. The molecule has 1 heterocycles. The maximum Gasteiger partial charge on any atom is 0.312 e. The van der Waals surface area contributed by atoms with Crippen molar-refractivity contribution in [1.82, 2.24) is 15.1 Å². The number of likely N-dealkylation sites (tertiary alicyclic amines) is 1. The first-order valence-corrected chi connectivity index (χ1v) is 11.8. The van der Waals surface area contributed by atoms with E-state index in [9.17, 15) is 19.2 Å². The Hall–Kier alpha value is -3.21. The van der Waals surface area contributed by atoms with Gasteiger partial charge < -0.3 is 10.2 Å². The summed E-state index contributed by atoms with van der Waals surface area (Å²) in [6.07, 6.45) is 1.78. The molecule has 1 aromatic rings. The number of nitrogens with zero attached hydrogens (tertiary/aromatic N) is 3. The first-order chi connectivity index (χ1) is 16.0. The highest BCUT2D eigenvalue weighted by atomic mass is 16.2. The highest BCUT2D eigenvalue weighted by Gasteiger charge is 2.58. The van der Waals surface area contributed by atoms with Crippen molar-refractivity contribution in [2.24, 2.45) is 5.41 Å². The zero-order chi connectivity index (χ0) is 24.8. The minimum atomic E-state index is -0.913. The van der Waals surface area contributed by atoms with Crippen LogP contribution >= 0.6 is 0 Å². The van der Waals surface area contributed by atoms with Crippen LogP contribution in [0.1, 0.15) is 57.6 Å². The molecule has 1 N–H and O–H groups in total. The van der Waals surface area contributed by atoms with Crippen LogP contribution in [0, 0.1) is 12.0 Å². The summed E-state index contributed by atoms with van der Waals surface area (Å²) in [5, 5.41) is 2.69. The number of benzene rings is 1. The number of carbonyl (C=O) groups is 4. The number of likely N-dealkylation sites (N-methyl/N-ethyl adjacent to an activating group) is 1. The van der Waals surface area contributed by atoms with E-state index in [-0.39, 0.29) is 36.1 Å². The van der Waals surface area contributed by atoms with E-state index in [1.165, 1.54) is 16.8 Å². The van der Waals surface area contributed by atoms with E-state index in [1.807, 2.05) is 45.0 Å². The molecule has 1 saturated carbocycles. The van der Waals surface area contributed by atoms with Gasteiger partial charge in [0.05, 0.1) is 11.8 Å². The Bertz CT molecular complexity index is 1080. The first kappa shape index (κ1) is 23.9. The molecular weight excluding hydrogens is 432 g/mol. The lowest BCUT2D eigenvalue weighted by Gasteiger charge is -2.34. The Kier molecular flexibility index (Phi) is 6.01. The maximum absolute atomic E-state index is 13.9. The van der Waals surface area contributed by atoms with E-state index < -0.39 is 29.4 Å².